The molecule has 0 spiro atoms. The summed E-state index contributed by atoms with van der Waals surface area (Å²) in [5.74, 6) is 0.217. The highest BCUT2D eigenvalue weighted by Gasteiger charge is 2.25. The quantitative estimate of drug-likeness (QED) is 0.617. The normalized spacial score (nSPS) is 19.0. The first-order chi connectivity index (χ1) is 5.99. The Bertz CT molecular complexity index is 173. The van der Waals surface area contributed by atoms with Crippen LogP contribution in [0.25, 0.3) is 0 Å². The summed E-state index contributed by atoms with van der Waals surface area (Å²) in [7, 11) is 0. The Balaban J connectivity index is 2.25. The second kappa shape index (κ2) is 4.12. The molecule has 1 aliphatic rings. The second-order valence-corrected chi connectivity index (χ2v) is 5.15. The van der Waals surface area contributed by atoms with E-state index in [1.54, 1.807) is 0 Å². The third kappa shape index (κ3) is 3.79. The average molecular weight is 184 g/mol. The van der Waals surface area contributed by atoms with Gasteiger partial charge >= 0.3 is 5.97 Å². The van der Waals surface area contributed by atoms with Crippen LogP contribution in [-0.2, 0) is 9.53 Å². The number of hydrogen-bond acceptors (Lipinski definition) is 2. The van der Waals surface area contributed by atoms with E-state index in [-0.39, 0.29) is 17.3 Å². The van der Waals surface area contributed by atoms with E-state index in [2.05, 4.69) is 20.8 Å². The fourth-order valence-corrected chi connectivity index (χ4v) is 1.57. The molecule has 1 fully saturated rings. The standard InChI is InChI=1S/C11H20O2/c1-11(2,3)8-13-10(12)9-6-4-5-7-9/h9H,4-8H2,1-3H3. The summed E-state index contributed by atoms with van der Waals surface area (Å²) < 4.78 is 5.25. The fourth-order valence-electron chi connectivity index (χ4n) is 1.57. The lowest BCUT2D eigenvalue weighted by Gasteiger charge is -2.19. The summed E-state index contributed by atoms with van der Waals surface area (Å²) in [5, 5.41) is 0. The van der Waals surface area contributed by atoms with Gasteiger partial charge in [-0.25, -0.2) is 0 Å². The van der Waals surface area contributed by atoms with Crippen molar-refractivity contribution in [1.29, 1.82) is 0 Å². The number of esters is 1. The molecular formula is C11H20O2. The van der Waals surface area contributed by atoms with Gasteiger partial charge in [0.05, 0.1) is 12.5 Å². The molecule has 0 saturated heterocycles. The predicted molar refractivity (Wildman–Crippen MR) is 52.4 cm³/mol. The number of rotatable bonds is 2. The summed E-state index contributed by atoms with van der Waals surface area (Å²) in [6.45, 7) is 6.78. The van der Waals surface area contributed by atoms with E-state index >= 15 is 0 Å². The maximum atomic E-state index is 11.5. The van der Waals surface area contributed by atoms with Gasteiger partial charge in [-0.3, -0.25) is 4.79 Å². The molecule has 0 N–H and O–H groups in total. The first kappa shape index (κ1) is 10.6. The van der Waals surface area contributed by atoms with Crippen molar-refractivity contribution in [2.24, 2.45) is 11.3 Å². The third-order valence-electron chi connectivity index (χ3n) is 2.34. The average Bonchev–Trinajstić information content (AvgIpc) is 2.50. The lowest BCUT2D eigenvalue weighted by molar-refractivity contribution is -0.151. The molecule has 1 aliphatic carbocycles. The van der Waals surface area contributed by atoms with E-state index in [0.29, 0.717) is 6.61 Å². The van der Waals surface area contributed by atoms with Gasteiger partial charge in [-0.2, -0.15) is 0 Å². The zero-order chi connectivity index (χ0) is 9.90. The molecule has 1 saturated carbocycles. The van der Waals surface area contributed by atoms with E-state index in [4.69, 9.17) is 4.74 Å². The molecule has 0 aromatic heterocycles. The Morgan fingerprint density at radius 3 is 2.31 bits per heavy atom. The molecule has 0 aromatic carbocycles. The molecule has 0 aliphatic heterocycles. The van der Waals surface area contributed by atoms with Crippen LogP contribution in [0.3, 0.4) is 0 Å². The summed E-state index contributed by atoms with van der Waals surface area (Å²) in [4.78, 5) is 11.5. The molecule has 0 aromatic rings. The van der Waals surface area contributed by atoms with Crippen LogP contribution >= 0.6 is 0 Å². The largest absolute Gasteiger partial charge is 0.465 e. The van der Waals surface area contributed by atoms with Crippen LogP contribution in [0.15, 0.2) is 0 Å². The Kier molecular flexibility index (Phi) is 3.34. The minimum absolute atomic E-state index is 0.0208. The van der Waals surface area contributed by atoms with Crippen LogP contribution in [-0.4, -0.2) is 12.6 Å². The van der Waals surface area contributed by atoms with Gasteiger partial charge in [0.15, 0.2) is 0 Å². The number of carbonyl (C=O) groups is 1. The Labute approximate surface area is 80.7 Å². The topological polar surface area (TPSA) is 26.3 Å². The molecule has 0 bridgehead atoms. The van der Waals surface area contributed by atoms with Crippen LogP contribution in [0.1, 0.15) is 46.5 Å². The van der Waals surface area contributed by atoms with E-state index in [0.717, 1.165) is 12.8 Å². The van der Waals surface area contributed by atoms with Gasteiger partial charge in [0.2, 0.25) is 0 Å². The van der Waals surface area contributed by atoms with Crippen molar-refractivity contribution in [3.8, 4) is 0 Å². The maximum absolute atomic E-state index is 11.5. The molecule has 13 heavy (non-hydrogen) atoms. The lowest BCUT2D eigenvalue weighted by Crippen LogP contribution is -2.22. The highest BCUT2D eigenvalue weighted by molar-refractivity contribution is 5.72. The van der Waals surface area contributed by atoms with Crippen LogP contribution in [0.2, 0.25) is 0 Å². The van der Waals surface area contributed by atoms with Gasteiger partial charge in [0.25, 0.3) is 0 Å². The summed E-state index contributed by atoms with van der Waals surface area (Å²) in [6, 6.07) is 0. The zero-order valence-electron chi connectivity index (χ0n) is 8.93. The first-order valence-electron chi connectivity index (χ1n) is 5.16. The SMILES string of the molecule is CC(C)(C)COC(=O)C1CCCC1. The molecule has 2 heteroatoms. The van der Waals surface area contributed by atoms with Crippen LogP contribution < -0.4 is 0 Å². The second-order valence-electron chi connectivity index (χ2n) is 5.15. The van der Waals surface area contributed by atoms with Crippen molar-refractivity contribution in [2.45, 2.75) is 46.5 Å². The third-order valence-corrected chi connectivity index (χ3v) is 2.34. The minimum Gasteiger partial charge on any atom is -0.465 e. The van der Waals surface area contributed by atoms with E-state index in [1.807, 2.05) is 0 Å². The molecule has 0 radical (unpaired) electrons. The zero-order valence-corrected chi connectivity index (χ0v) is 8.93. The van der Waals surface area contributed by atoms with E-state index < -0.39 is 0 Å². The van der Waals surface area contributed by atoms with Crippen molar-refractivity contribution in [3.05, 3.63) is 0 Å². The summed E-state index contributed by atoms with van der Waals surface area (Å²) >= 11 is 0. The van der Waals surface area contributed by atoms with Crippen molar-refractivity contribution < 1.29 is 9.53 Å². The number of ether oxygens (including phenoxy) is 1. The van der Waals surface area contributed by atoms with Gasteiger partial charge in [0.1, 0.15) is 0 Å². The molecule has 0 heterocycles. The maximum Gasteiger partial charge on any atom is 0.308 e. The molecule has 1 rings (SSSR count). The van der Waals surface area contributed by atoms with Crippen LogP contribution in [0.4, 0.5) is 0 Å². The van der Waals surface area contributed by atoms with E-state index in [9.17, 15) is 4.79 Å². The molecule has 0 unspecified atom stereocenters. The van der Waals surface area contributed by atoms with Crippen LogP contribution in [0.5, 0.6) is 0 Å². The highest BCUT2D eigenvalue weighted by atomic mass is 16.5. The first-order valence-corrected chi connectivity index (χ1v) is 5.16. The fraction of sp³-hybridized carbons (Fsp3) is 0.909. The van der Waals surface area contributed by atoms with Crippen molar-refractivity contribution in [3.63, 3.8) is 0 Å². The number of hydrogen-bond donors (Lipinski definition) is 0. The monoisotopic (exact) mass is 184 g/mol. The Morgan fingerprint density at radius 1 is 1.31 bits per heavy atom. The molecule has 76 valence electrons. The van der Waals surface area contributed by atoms with Gasteiger partial charge < -0.3 is 4.74 Å². The summed E-state index contributed by atoms with van der Waals surface area (Å²) in [5.41, 5.74) is 0.0915. The number of carbonyl (C=O) groups excluding carboxylic acids is 1. The Morgan fingerprint density at radius 2 is 1.85 bits per heavy atom. The molecule has 2 nitrogen and oxygen atoms in total. The highest BCUT2D eigenvalue weighted by Crippen LogP contribution is 2.26. The van der Waals surface area contributed by atoms with Crippen molar-refractivity contribution in [1.82, 2.24) is 0 Å². The van der Waals surface area contributed by atoms with Crippen LogP contribution in [0, 0.1) is 11.3 Å². The Hall–Kier alpha value is -0.530. The van der Waals surface area contributed by atoms with Gasteiger partial charge in [-0.15, -0.1) is 0 Å². The lowest BCUT2D eigenvalue weighted by atomic mass is 9.98. The van der Waals surface area contributed by atoms with Gasteiger partial charge in [-0.1, -0.05) is 33.6 Å². The van der Waals surface area contributed by atoms with Crippen molar-refractivity contribution in [2.75, 3.05) is 6.61 Å². The van der Waals surface area contributed by atoms with Gasteiger partial charge in [0, 0.05) is 0 Å². The van der Waals surface area contributed by atoms with E-state index in [1.165, 1.54) is 12.8 Å². The molecular weight excluding hydrogens is 164 g/mol. The minimum atomic E-state index is 0.0208. The smallest absolute Gasteiger partial charge is 0.308 e. The molecule has 0 atom stereocenters. The summed E-state index contributed by atoms with van der Waals surface area (Å²) in [6.07, 6.45) is 4.44. The predicted octanol–water partition coefficient (Wildman–Crippen LogP) is 2.77. The van der Waals surface area contributed by atoms with Crippen molar-refractivity contribution >= 4 is 5.97 Å². The van der Waals surface area contributed by atoms with Gasteiger partial charge in [-0.05, 0) is 18.3 Å². The molecule has 0 amide bonds.